The highest BCUT2D eigenvalue weighted by atomic mass is 79.9. The van der Waals surface area contributed by atoms with Crippen molar-refractivity contribution in [2.45, 2.75) is 33.4 Å². The standard InChI is InChI=1S/C11H14BrN5O/c1-3-9-11(12)10(17(4-2)14-9)6-16-5-8(7-18)13-15-16/h5,7H,3-4,6H2,1-2H3. The molecule has 0 aliphatic carbocycles. The molecule has 18 heavy (non-hydrogen) atoms. The van der Waals surface area contributed by atoms with Gasteiger partial charge in [-0.3, -0.25) is 9.48 Å². The second-order valence-electron chi connectivity index (χ2n) is 3.84. The second-order valence-corrected chi connectivity index (χ2v) is 4.63. The van der Waals surface area contributed by atoms with Crippen molar-refractivity contribution in [1.29, 1.82) is 0 Å². The largest absolute Gasteiger partial charge is 0.296 e. The lowest BCUT2D eigenvalue weighted by molar-refractivity contribution is 0.111. The Hall–Kier alpha value is -1.50. The highest BCUT2D eigenvalue weighted by Crippen LogP contribution is 2.22. The summed E-state index contributed by atoms with van der Waals surface area (Å²) in [5.41, 5.74) is 2.41. The zero-order valence-electron chi connectivity index (χ0n) is 10.3. The Bertz CT molecular complexity index is 560. The smallest absolute Gasteiger partial charge is 0.171 e. The third-order valence-electron chi connectivity index (χ3n) is 2.68. The minimum atomic E-state index is 0.337. The van der Waals surface area contributed by atoms with Gasteiger partial charge in [-0.05, 0) is 29.3 Å². The first-order chi connectivity index (χ1) is 8.69. The van der Waals surface area contributed by atoms with Crippen LogP contribution in [0.1, 0.15) is 35.7 Å². The maximum absolute atomic E-state index is 10.6. The number of hydrogen-bond donors (Lipinski definition) is 0. The van der Waals surface area contributed by atoms with Crippen LogP contribution in [0, 0.1) is 0 Å². The predicted molar refractivity (Wildman–Crippen MR) is 69.5 cm³/mol. The van der Waals surface area contributed by atoms with Gasteiger partial charge in [0, 0.05) is 6.54 Å². The summed E-state index contributed by atoms with van der Waals surface area (Å²) in [4.78, 5) is 10.6. The van der Waals surface area contributed by atoms with Crippen LogP contribution in [0.15, 0.2) is 10.7 Å². The van der Waals surface area contributed by atoms with E-state index in [1.165, 1.54) is 0 Å². The SMILES string of the molecule is CCc1nn(CC)c(Cn2cc(C=O)nn2)c1Br. The van der Waals surface area contributed by atoms with Crippen LogP contribution in [0.25, 0.3) is 0 Å². The predicted octanol–water partition coefficient (Wildman–Crippen LogP) is 1.68. The molecular weight excluding hydrogens is 298 g/mol. The van der Waals surface area contributed by atoms with E-state index in [-0.39, 0.29) is 0 Å². The van der Waals surface area contributed by atoms with E-state index in [2.05, 4.69) is 38.3 Å². The van der Waals surface area contributed by atoms with Crippen LogP contribution in [0.4, 0.5) is 0 Å². The molecule has 0 bridgehead atoms. The third-order valence-corrected chi connectivity index (χ3v) is 3.60. The van der Waals surface area contributed by atoms with Crippen LogP contribution in [0.5, 0.6) is 0 Å². The first kappa shape index (κ1) is 12.9. The van der Waals surface area contributed by atoms with Crippen LogP contribution in [-0.2, 0) is 19.5 Å². The zero-order valence-corrected chi connectivity index (χ0v) is 11.9. The molecule has 0 unspecified atom stereocenters. The summed E-state index contributed by atoms with van der Waals surface area (Å²) in [6.07, 6.45) is 3.18. The van der Waals surface area contributed by atoms with Crippen molar-refractivity contribution in [3.8, 4) is 0 Å². The molecule has 0 N–H and O–H groups in total. The van der Waals surface area contributed by atoms with E-state index in [1.807, 2.05) is 11.6 Å². The minimum absolute atomic E-state index is 0.337. The van der Waals surface area contributed by atoms with Crippen molar-refractivity contribution in [3.63, 3.8) is 0 Å². The molecule has 0 saturated heterocycles. The number of rotatable bonds is 5. The van der Waals surface area contributed by atoms with Gasteiger partial charge in [-0.2, -0.15) is 5.10 Å². The molecule has 2 rings (SSSR count). The Morgan fingerprint density at radius 1 is 1.44 bits per heavy atom. The van der Waals surface area contributed by atoms with Crippen LogP contribution in [-0.4, -0.2) is 31.1 Å². The molecule has 6 nitrogen and oxygen atoms in total. The summed E-state index contributed by atoms with van der Waals surface area (Å²) in [6.45, 7) is 5.45. The summed E-state index contributed by atoms with van der Waals surface area (Å²) >= 11 is 3.57. The maximum atomic E-state index is 10.6. The van der Waals surface area contributed by atoms with Crippen LogP contribution in [0.3, 0.4) is 0 Å². The summed E-state index contributed by atoms with van der Waals surface area (Å²) in [7, 11) is 0. The number of aryl methyl sites for hydroxylation is 2. The highest BCUT2D eigenvalue weighted by Gasteiger charge is 2.14. The van der Waals surface area contributed by atoms with E-state index in [1.54, 1.807) is 10.9 Å². The van der Waals surface area contributed by atoms with E-state index in [0.717, 1.165) is 28.8 Å². The first-order valence-corrected chi connectivity index (χ1v) is 6.58. The van der Waals surface area contributed by atoms with Crippen molar-refractivity contribution in [3.05, 3.63) is 27.8 Å². The molecule has 2 heterocycles. The normalized spacial score (nSPS) is 10.8. The summed E-state index contributed by atoms with van der Waals surface area (Å²) < 4.78 is 4.58. The van der Waals surface area contributed by atoms with Gasteiger partial charge in [0.2, 0.25) is 0 Å². The summed E-state index contributed by atoms with van der Waals surface area (Å²) in [5.74, 6) is 0. The fourth-order valence-corrected chi connectivity index (χ4v) is 2.46. The Labute approximate surface area is 113 Å². The number of carbonyl (C=O) groups excluding carboxylic acids is 1. The Kier molecular flexibility index (Phi) is 3.90. The average Bonchev–Trinajstić information content (AvgIpc) is 2.96. The lowest BCUT2D eigenvalue weighted by Gasteiger charge is -2.04. The van der Waals surface area contributed by atoms with E-state index in [9.17, 15) is 4.79 Å². The molecule has 0 aliphatic heterocycles. The summed E-state index contributed by atoms with van der Waals surface area (Å²) in [6, 6.07) is 0. The molecule has 2 aromatic rings. The number of carbonyl (C=O) groups is 1. The zero-order chi connectivity index (χ0) is 13.1. The lowest BCUT2D eigenvalue weighted by atomic mass is 10.3. The third kappa shape index (κ3) is 2.35. The molecule has 0 atom stereocenters. The van der Waals surface area contributed by atoms with Gasteiger partial charge in [-0.1, -0.05) is 12.1 Å². The van der Waals surface area contributed by atoms with Crippen molar-refractivity contribution in [2.75, 3.05) is 0 Å². The molecule has 0 saturated carbocycles. The second kappa shape index (κ2) is 5.43. The van der Waals surface area contributed by atoms with Gasteiger partial charge in [0.25, 0.3) is 0 Å². The molecule has 0 spiro atoms. The van der Waals surface area contributed by atoms with Crippen molar-refractivity contribution in [2.24, 2.45) is 0 Å². The van der Waals surface area contributed by atoms with Crippen molar-refractivity contribution < 1.29 is 4.79 Å². The summed E-state index contributed by atoms with van der Waals surface area (Å²) in [5, 5.41) is 12.2. The van der Waals surface area contributed by atoms with Gasteiger partial charge in [0.15, 0.2) is 6.29 Å². The van der Waals surface area contributed by atoms with Crippen LogP contribution >= 0.6 is 15.9 Å². The van der Waals surface area contributed by atoms with Gasteiger partial charge in [-0.15, -0.1) is 5.10 Å². The van der Waals surface area contributed by atoms with E-state index in [4.69, 9.17) is 0 Å². The Morgan fingerprint density at radius 3 is 2.78 bits per heavy atom. The van der Waals surface area contributed by atoms with Crippen molar-refractivity contribution >= 4 is 22.2 Å². The fraction of sp³-hybridized carbons (Fsp3) is 0.455. The molecule has 96 valence electrons. The van der Waals surface area contributed by atoms with Gasteiger partial charge in [0.1, 0.15) is 5.69 Å². The highest BCUT2D eigenvalue weighted by molar-refractivity contribution is 9.10. The van der Waals surface area contributed by atoms with E-state index in [0.29, 0.717) is 18.5 Å². The molecular formula is C11H14BrN5O. The van der Waals surface area contributed by atoms with Crippen LogP contribution in [0.2, 0.25) is 0 Å². The number of hydrogen-bond acceptors (Lipinski definition) is 4. The number of aldehydes is 1. The molecule has 0 amide bonds. The van der Waals surface area contributed by atoms with E-state index >= 15 is 0 Å². The Morgan fingerprint density at radius 2 is 2.22 bits per heavy atom. The lowest BCUT2D eigenvalue weighted by Crippen LogP contribution is -2.09. The topological polar surface area (TPSA) is 65.6 Å². The first-order valence-electron chi connectivity index (χ1n) is 5.78. The number of halogens is 1. The molecule has 0 aliphatic rings. The number of nitrogens with zero attached hydrogens (tertiary/aromatic N) is 5. The quantitative estimate of drug-likeness (QED) is 0.788. The average molecular weight is 312 g/mol. The van der Waals surface area contributed by atoms with Gasteiger partial charge < -0.3 is 0 Å². The molecule has 0 fully saturated rings. The number of aromatic nitrogens is 5. The minimum Gasteiger partial charge on any atom is -0.296 e. The van der Waals surface area contributed by atoms with Gasteiger partial charge in [-0.25, -0.2) is 4.68 Å². The van der Waals surface area contributed by atoms with Gasteiger partial charge >= 0.3 is 0 Å². The monoisotopic (exact) mass is 311 g/mol. The Balaban J connectivity index is 2.32. The molecule has 7 heteroatoms. The van der Waals surface area contributed by atoms with Crippen LogP contribution < -0.4 is 0 Å². The molecule has 0 radical (unpaired) electrons. The van der Waals surface area contributed by atoms with Crippen molar-refractivity contribution in [1.82, 2.24) is 24.8 Å². The molecule has 2 aromatic heterocycles. The maximum Gasteiger partial charge on any atom is 0.171 e. The van der Waals surface area contributed by atoms with E-state index < -0.39 is 0 Å². The van der Waals surface area contributed by atoms with Gasteiger partial charge in [0.05, 0.1) is 28.6 Å². The fourth-order valence-electron chi connectivity index (χ4n) is 1.77. The molecule has 0 aromatic carbocycles.